The summed E-state index contributed by atoms with van der Waals surface area (Å²) in [6.45, 7) is 0.770. The van der Waals surface area contributed by atoms with Crippen molar-refractivity contribution in [2.45, 2.75) is 12.1 Å². The molecule has 0 spiro atoms. The standard InChI is InChI=1S/C13H16N2O3S/c16-12(10-8-19-7-6-14-10)15-11(13(17)18)9-4-2-1-3-5-9/h1-5,10-11,14H,6-8H2,(H,15,16)(H,17,18)/t10?,11-/m1/s1. The molecule has 19 heavy (non-hydrogen) atoms. The largest absolute Gasteiger partial charge is 0.479 e. The number of nitrogens with one attached hydrogen (secondary N) is 2. The molecule has 1 aromatic carbocycles. The Labute approximate surface area is 115 Å². The van der Waals surface area contributed by atoms with Gasteiger partial charge in [0.1, 0.15) is 0 Å². The van der Waals surface area contributed by atoms with Crippen molar-refractivity contribution in [1.29, 1.82) is 0 Å². The Bertz CT molecular complexity index is 446. The van der Waals surface area contributed by atoms with Gasteiger partial charge in [-0.2, -0.15) is 11.8 Å². The molecular weight excluding hydrogens is 264 g/mol. The van der Waals surface area contributed by atoms with Crippen LogP contribution < -0.4 is 10.6 Å². The van der Waals surface area contributed by atoms with Gasteiger partial charge in [0.25, 0.3) is 0 Å². The van der Waals surface area contributed by atoms with E-state index >= 15 is 0 Å². The highest BCUT2D eigenvalue weighted by Gasteiger charge is 2.27. The second-order valence-electron chi connectivity index (χ2n) is 4.27. The fourth-order valence-corrected chi connectivity index (χ4v) is 2.84. The zero-order valence-electron chi connectivity index (χ0n) is 10.3. The first-order chi connectivity index (χ1) is 9.18. The summed E-state index contributed by atoms with van der Waals surface area (Å²) < 4.78 is 0. The number of benzene rings is 1. The van der Waals surface area contributed by atoms with Crippen LogP contribution in [0.25, 0.3) is 0 Å². The van der Waals surface area contributed by atoms with Gasteiger partial charge in [-0.3, -0.25) is 4.79 Å². The number of hydrogen-bond donors (Lipinski definition) is 3. The number of carboxylic acids is 1. The van der Waals surface area contributed by atoms with Crippen LogP contribution in [0.15, 0.2) is 30.3 Å². The fourth-order valence-electron chi connectivity index (χ4n) is 1.91. The molecule has 1 unspecified atom stereocenters. The lowest BCUT2D eigenvalue weighted by atomic mass is 10.1. The molecule has 0 radical (unpaired) electrons. The van der Waals surface area contributed by atoms with Gasteiger partial charge in [0, 0.05) is 18.1 Å². The summed E-state index contributed by atoms with van der Waals surface area (Å²) in [5.74, 6) is 0.337. The quantitative estimate of drug-likeness (QED) is 0.754. The number of carbonyl (C=O) groups is 2. The van der Waals surface area contributed by atoms with E-state index in [0.29, 0.717) is 11.3 Å². The molecule has 3 N–H and O–H groups in total. The van der Waals surface area contributed by atoms with E-state index in [2.05, 4.69) is 10.6 Å². The second-order valence-corrected chi connectivity index (χ2v) is 5.42. The third kappa shape index (κ3) is 3.71. The highest BCUT2D eigenvalue weighted by molar-refractivity contribution is 7.99. The zero-order valence-corrected chi connectivity index (χ0v) is 11.2. The van der Waals surface area contributed by atoms with Crippen LogP contribution in [0.5, 0.6) is 0 Å². The van der Waals surface area contributed by atoms with Gasteiger partial charge in [-0.1, -0.05) is 30.3 Å². The Kier molecular flexibility index (Phi) is 4.81. The second kappa shape index (κ2) is 6.58. The highest BCUT2D eigenvalue weighted by Crippen LogP contribution is 2.14. The maximum Gasteiger partial charge on any atom is 0.330 e. The number of thioether (sulfide) groups is 1. The molecule has 0 bridgehead atoms. The minimum Gasteiger partial charge on any atom is -0.479 e. The fraction of sp³-hybridized carbons (Fsp3) is 0.385. The SMILES string of the molecule is O=C(N[C@@H](C(=O)O)c1ccccc1)C1CSCCN1. The minimum absolute atomic E-state index is 0.261. The lowest BCUT2D eigenvalue weighted by Gasteiger charge is -2.24. The maximum atomic E-state index is 12.0. The van der Waals surface area contributed by atoms with Gasteiger partial charge in [0.05, 0.1) is 6.04 Å². The van der Waals surface area contributed by atoms with Crippen molar-refractivity contribution in [3.63, 3.8) is 0 Å². The summed E-state index contributed by atoms with van der Waals surface area (Å²) in [7, 11) is 0. The molecule has 5 nitrogen and oxygen atoms in total. The van der Waals surface area contributed by atoms with Crippen LogP contribution in [0.4, 0.5) is 0 Å². The van der Waals surface area contributed by atoms with Crippen molar-refractivity contribution in [3.05, 3.63) is 35.9 Å². The van der Waals surface area contributed by atoms with Crippen LogP contribution in [0, 0.1) is 0 Å². The Morgan fingerprint density at radius 3 is 2.68 bits per heavy atom. The van der Waals surface area contributed by atoms with Gasteiger partial charge >= 0.3 is 5.97 Å². The number of carboxylic acid groups (broad SMARTS) is 1. The summed E-state index contributed by atoms with van der Waals surface area (Å²) in [6, 6.07) is 7.40. The molecule has 2 rings (SSSR count). The number of amides is 1. The molecule has 102 valence electrons. The summed E-state index contributed by atoms with van der Waals surface area (Å²) >= 11 is 1.69. The molecule has 0 aromatic heterocycles. The molecule has 1 aliphatic rings. The molecule has 1 heterocycles. The van der Waals surface area contributed by atoms with Crippen LogP contribution >= 0.6 is 11.8 Å². The van der Waals surface area contributed by atoms with Crippen molar-refractivity contribution >= 4 is 23.6 Å². The summed E-state index contributed by atoms with van der Waals surface area (Å²) in [4.78, 5) is 23.3. The third-order valence-corrected chi connectivity index (χ3v) is 3.97. The predicted octanol–water partition coefficient (Wildman–Crippen LogP) is 0.633. The maximum absolute atomic E-state index is 12.0. The molecule has 1 aliphatic heterocycles. The minimum atomic E-state index is -1.05. The van der Waals surface area contributed by atoms with Gasteiger partial charge in [-0.15, -0.1) is 0 Å². The molecule has 6 heteroatoms. The zero-order chi connectivity index (χ0) is 13.7. The predicted molar refractivity (Wildman–Crippen MR) is 74.1 cm³/mol. The monoisotopic (exact) mass is 280 g/mol. The van der Waals surface area contributed by atoms with E-state index in [1.54, 1.807) is 36.0 Å². The Hall–Kier alpha value is -1.53. The summed E-state index contributed by atoms with van der Waals surface area (Å²) in [5, 5.41) is 14.9. The molecule has 0 saturated carbocycles. The van der Waals surface area contributed by atoms with E-state index in [0.717, 1.165) is 12.3 Å². The van der Waals surface area contributed by atoms with E-state index in [1.807, 2.05) is 6.07 Å². The third-order valence-electron chi connectivity index (χ3n) is 2.90. The molecule has 1 amide bonds. The average Bonchev–Trinajstić information content (AvgIpc) is 2.46. The van der Waals surface area contributed by atoms with Gasteiger partial charge in [0.2, 0.25) is 5.91 Å². The van der Waals surface area contributed by atoms with E-state index in [1.165, 1.54) is 0 Å². The van der Waals surface area contributed by atoms with Crippen LogP contribution in [-0.4, -0.2) is 41.1 Å². The topological polar surface area (TPSA) is 78.4 Å². The first kappa shape index (κ1) is 13.9. The molecular formula is C13H16N2O3S. The molecule has 0 aliphatic carbocycles. The number of aliphatic carboxylic acids is 1. The van der Waals surface area contributed by atoms with E-state index in [4.69, 9.17) is 0 Å². The van der Waals surface area contributed by atoms with Crippen molar-refractivity contribution in [2.24, 2.45) is 0 Å². The Morgan fingerprint density at radius 2 is 2.11 bits per heavy atom. The first-order valence-corrected chi connectivity index (χ1v) is 7.23. The molecule has 1 saturated heterocycles. The van der Waals surface area contributed by atoms with Crippen molar-refractivity contribution in [2.75, 3.05) is 18.1 Å². The van der Waals surface area contributed by atoms with Gasteiger partial charge < -0.3 is 15.7 Å². The molecule has 1 fully saturated rings. The Morgan fingerprint density at radius 1 is 1.37 bits per heavy atom. The smallest absolute Gasteiger partial charge is 0.330 e. The van der Waals surface area contributed by atoms with Crippen molar-refractivity contribution in [1.82, 2.24) is 10.6 Å². The number of rotatable bonds is 4. The normalized spacial score (nSPS) is 20.5. The van der Waals surface area contributed by atoms with Gasteiger partial charge in [-0.05, 0) is 5.56 Å². The van der Waals surface area contributed by atoms with E-state index in [9.17, 15) is 14.7 Å². The van der Waals surface area contributed by atoms with Crippen LogP contribution in [0.3, 0.4) is 0 Å². The van der Waals surface area contributed by atoms with Crippen molar-refractivity contribution < 1.29 is 14.7 Å². The molecule has 1 aromatic rings. The Balaban J connectivity index is 2.04. The summed E-state index contributed by atoms with van der Waals surface area (Å²) in [5.41, 5.74) is 0.576. The number of hydrogen-bond acceptors (Lipinski definition) is 4. The van der Waals surface area contributed by atoms with Crippen molar-refractivity contribution in [3.8, 4) is 0 Å². The van der Waals surface area contributed by atoms with Gasteiger partial charge in [0.15, 0.2) is 6.04 Å². The van der Waals surface area contributed by atoms with Crippen LogP contribution in [0.1, 0.15) is 11.6 Å². The van der Waals surface area contributed by atoms with Gasteiger partial charge in [-0.25, -0.2) is 4.79 Å². The molecule has 2 atom stereocenters. The number of carbonyl (C=O) groups excluding carboxylic acids is 1. The average molecular weight is 280 g/mol. The highest BCUT2D eigenvalue weighted by atomic mass is 32.2. The first-order valence-electron chi connectivity index (χ1n) is 6.08. The lowest BCUT2D eigenvalue weighted by Crippen LogP contribution is -2.50. The van der Waals surface area contributed by atoms with Crippen LogP contribution in [-0.2, 0) is 9.59 Å². The van der Waals surface area contributed by atoms with E-state index < -0.39 is 12.0 Å². The lowest BCUT2D eigenvalue weighted by molar-refractivity contribution is -0.142. The summed E-state index contributed by atoms with van der Waals surface area (Å²) in [6.07, 6.45) is 0. The van der Waals surface area contributed by atoms with Crippen LogP contribution in [0.2, 0.25) is 0 Å². The van der Waals surface area contributed by atoms with E-state index in [-0.39, 0.29) is 11.9 Å².